The van der Waals surface area contributed by atoms with Crippen molar-refractivity contribution in [2.45, 2.75) is 44.4 Å². The molecule has 1 unspecified atom stereocenters. The van der Waals surface area contributed by atoms with Crippen LogP contribution in [0.2, 0.25) is 10.0 Å². The van der Waals surface area contributed by atoms with Gasteiger partial charge in [0.2, 0.25) is 5.91 Å². The lowest BCUT2D eigenvalue weighted by molar-refractivity contribution is -0.150. The summed E-state index contributed by atoms with van der Waals surface area (Å²) < 4.78 is 16.9. The van der Waals surface area contributed by atoms with Crippen LogP contribution in [0.25, 0.3) is 0 Å². The molecule has 0 spiro atoms. The number of ether oxygens (including phenoxy) is 3. The molecule has 2 aliphatic rings. The minimum atomic E-state index is -0.270. The number of hydrogen-bond acceptors (Lipinski definition) is 4. The number of hydrogen-bond donors (Lipinski definition) is 0. The molecule has 2 aliphatic heterocycles. The summed E-state index contributed by atoms with van der Waals surface area (Å²) >= 11 is 11.9. The molecule has 0 aliphatic carbocycles. The lowest BCUT2D eigenvalue weighted by atomic mass is 10.0. The molecule has 25 heavy (non-hydrogen) atoms. The van der Waals surface area contributed by atoms with Crippen LogP contribution in [0.5, 0.6) is 5.75 Å². The molecule has 1 aromatic carbocycles. The maximum absolute atomic E-state index is 12.6. The van der Waals surface area contributed by atoms with Gasteiger partial charge in [-0.3, -0.25) is 4.79 Å². The van der Waals surface area contributed by atoms with Crippen molar-refractivity contribution in [1.82, 2.24) is 4.90 Å². The first-order valence-corrected chi connectivity index (χ1v) is 9.51. The Bertz CT molecular complexity index is 592. The van der Waals surface area contributed by atoms with E-state index in [1.165, 1.54) is 0 Å². The zero-order chi connectivity index (χ0) is 17.6. The molecule has 1 aromatic rings. The van der Waals surface area contributed by atoms with E-state index in [9.17, 15) is 4.79 Å². The minimum absolute atomic E-state index is 0.0374. The van der Waals surface area contributed by atoms with Gasteiger partial charge in [0.25, 0.3) is 0 Å². The molecule has 2 heterocycles. The van der Waals surface area contributed by atoms with Crippen molar-refractivity contribution >= 4 is 29.1 Å². The van der Waals surface area contributed by atoms with Gasteiger partial charge in [-0.2, -0.15) is 0 Å². The Morgan fingerprint density at radius 3 is 2.80 bits per heavy atom. The Kier molecular flexibility index (Phi) is 6.82. The average molecular weight is 388 g/mol. The SMILES string of the molecule is O=C(CCCOc1ccc(Cl)cc1Cl)N1CCCCC1C1OCCO1. The van der Waals surface area contributed by atoms with Crippen LogP contribution in [0, 0.1) is 0 Å². The molecular formula is C18H23Cl2NO4. The zero-order valence-corrected chi connectivity index (χ0v) is 15.6. The monoisotopic (exact) mass is 387 g/mol. The van der Waals surface area contributed by atoms with Crippen LogP contribution in [-0.4, -0.2) is 49.5 Å². The minimum Gasteiger partial charge on any atom is -0.492 e. The summed E-state index contributed by atoms with van der Waals surface area (Å²) in [5.41, 5.74) is 0. The van der Waals surface area contributed by atoms with Crippen molar-refractivity contribution in [1.29, 1.82) is 0 Å². The van der Waals surface area contributed by atoms with Gasteiger partial charge in [-0.1, -0.05) is 23.2 Å². The summed E-state index contributed by atoms with van der Waals surface area (Å²) in [6, 6.07) is 5.15. The van der Waals surface area contributed by atoms with Gasteiger partial charge in [-0.15, -0.1) is 0 Å². The van der Waals surface area contributed by atoms with Gasteiger partial charge in [0.05, 0.1) is 30.9 Å². The summed E-state index contributed by atoms with van der Waals surface area (Å²) in [7, 11) is 0. The van der Waals surface area contributed by atoms with E-state index in [2.05, 4.69) is 0 Å². The van der Waals surface area contributed by atoms with Crippen molar-refractivity contribution in [3.63, 3.8) is 0 Å². The molecule has 2 saturated heterocycles. The number of piperidine rings is 1. The molecule has 0 N–H and O–H groups in total. The van der Waals surface area contributed by atoms with Crippen molar-refractivity contribution in [2.24, 2.45) is 0 Å². The summed E-state index contributed by atoms with van der Waals surface area (Å²) in [5, 5.41) is 1.05. The van der Waals surface area contributed by atoms with Gasteiger partial charge < -0.3 is 19.1 Å². The second-order valence-corrected chi connectivity index (χ2v) is 7.13. The first-order chi connectivity index (χ1) is 12.1. The number of likely N-dealkylation sites (tertiary alicyclic amines) is 1. The quantitative estimate of drug-likeness (QED) is 0.694. The highest BCUT2D eigenvalue weighted by Gasteiger charge is 2.35. The van der Waals surface area contributed by atoms with E-state index in [1.807, 2.05) is 4.90 Å². The number of carbonyl (C=O) groups excluding carboxylic acids is 1. The van der Waals surface area contributed by atoms with Crippen molar-refractivity contribution in [2.75, 3.05) is 26.4 Å². The molecule has 0 aromatic heterocycles. The van der Waals surface area contributed by atoms with Crippen LogP contribution in [0.15, 0.2) is 18.2 Å². The van der Waals surface area contributed by atoms with Crippen molar-refractivity contribution in [3.05, 3.63) is 28.2 Å². The number of benzene rings is 1. The molecular weight excluding hydrogens is 365 g/mol. The third-order valence-electron chi connectivity index (χ3n) is 4.52. The fourth-order valence-electron chi connectivity index (χ4n) is 3.29. The molecule has 138 valence electrons. The Balaban J connectivity index is 1.46. The van der Waals surface area contributed by atoms with Crippen LogP contribution in [0.1, 0.15) is 32.1 Å². The van der Waals surface area contributed by atoms with Gasteiger partial charge in [-0.25, -0.2) is 0 Å². The molecule has 3 rings (SSSR count). The molecule has 0 saturated carbocycles. The predicted octanol–water partition coefficient (Wildman–Crippen LogP) is 3.91. The second kappa shape index (κ2) is 9.08. The maximum Gasteiger partial charge on any atom is 0.223 e. The third-order valence-corrected chi connectivity index (χ3v) is 5.05. The normalized spacial score (nSPS) is 21.5. The Labute approximate surface area is 158 Å². The number of nitrogens with zero attached hydrogens (tertiary/aromatic N) is 1. The maximum atomic E-state index is 12.6. The second-order valence-electron chi connectivity index (χ2n) is 6.29. The summed E-state index contributed by atoms with van der Waals surface area (Å²) in [6.45, 7) is 2.43. The highest BCUT2D eigenvalue weighted by Crippen LogP contribution is 2.28. The highest BCUT2D eigenvalue weighted by molar-refractivity contribution is 6.35. The number of amides is 1. The van der Waals surface area contributed by atoms with E-state index in [4.69, 9.17) is 37.4 Å². The predicted molar refractivity (Wildman–Crippen MR) is 96.2 cm³/mol. The van der Waals surface area contributed by atoms with Crippen LogP contribution in [0.4, 0.5) is 0 Å². The third kappa shape index (κ3) is 5.00. The van der Waals surface area contributed by atoms with E-state index in [1.54, 1.807) is 18.2 Å². The topological polar surface area (TPSA) is 48.0 Å². The Morgan fingerprint density at radius 1 is 1.24 bits per heavy atom. The van der Waals surface area contributed by atoms with Gasteiger partial charge in [-0.05, 0) is 43.9 Å². The highest BCUT2D eigenvalue weighted by atomic mass is 35.5. The van der Waals surface area contributed by atoms with Gasteiger partial charge >= 0.3 is 0 Å². The number of carbonyl (C=O) groups is 1. The number of halogens is 2. The van der Waals surface area contributed by atoms with E-state index in [0.717, 1.165) is 25.8 Å². The van der Waals surface area contributed by atoms with Crippen LogP contribution in [0.3, 0.4) is 0 Å². The first-order valence-electron chi connectivity index (χ1n) is 8.75. The first kappa shape index (κ1) is 18.8. The molecule has 1 atom stereocenters. The molecule has 0 bridgehead atoms. The van der Waals surface area contributed by atoms with Gasteiger partial charge in [0.1, 0.15) is 5.75 Å². The van der Waals surface area contributed by atoms with E-state index >= 15 is 0 Å². The largest absolute Gasteiger partial charge is 0.492 e. The van der Waals surface area contributed by atoms with Crippen LogP contribution < -0.4 is 4.74 Å². The van der Waals surface area contributed by atoms with E-state index in [-0.39, 0.29) is 18.2 Å². The summed E-state index contributed by atoms with van der Waals surface area (Å²) in [4.78, 5) is 14.5. The average Bonchev–Trinajstić information content (AvgIpc) is 3.14. The zero-order valence-electron chi connectivity index (χ0n) is 14.1. The smallest absolute Gasteiger partial charge is 0.223 e. The van der Waals surface area contributed by atoms with Crippen molar-refractivity contribution in [3.8, 4) is 5.75 Å². The fraction of sp³-hybridized carbons (Fsp3) is 0.611. The lowest BCUT2D eigenvalue weighted by Crippen LogP contribution is -2.50. The van der Waals surface area contributed by atoms with Gasteiger partial charge in [0.15, 0.2) is 6.29 Å². The van der Waals surface area contributed by atoms with E-state index < -0.39 is 0 Å². The molecule has 1 amide bonds. The Morgan fingerprint density at radius 2 is 2.04 bits per heavy atom. The van der Waals surface area contributed by atoms with E-state index in [0.29, 0.717) is 48.5 Å². The molecule has 5 nitrogen and oxygen atoms in total. The van der Waals surface area contributed by atoms with Crippen molar-refractivity contribution < 1.29 is 19.0 Å². The number of rotatable bonds is 6. The Hall–Kier alpha value is -1.01. The molecule has 0 radical (unpaired) electrons. The summed E-state index contributed by atoms with van der Waals surface area (Å²) in [5.74, 6) is 0.719. The molecule has 2 fully saturated rings. The van der Waals surface area contributed by atoms with Gasteiger partial charge in [0, 0.05) is 18.0 Å². The fourth-order valence-corrected chi connectivity index (χ4v) is 3.75. The standard InChI is InChI=1S/C18H23Cl2NO4/c19-13-6-7-16(14(20)12-13)23-9-3-5-17(22)21-8-2-1-4-15(21)18-24-10-11-25-18/h6-7,12,15,18H,1-5,8-11H2. The summed E-state index contributed by atoms with van der Waals surface area (Å²) in [6.07, 6.45) is 3.88. The lowest BCUT2D eigenvalue weighted by Gasteiger charge is -2.38. The van der Waals surface area contributed by atoms with Crippen LogP contribution in [-0.2, 0) is 14.3 Å². The van der Waals surface area contributed by atoms with Crippen LogP contribution >= 0.6 is 23.2 Å². The molecule has 7 heteroatoms.